The number of aryl methyl sites for hydroxylation is 2. The second kappa shape index (κ2) is 7.46. The highest BCUT2D eigenvalue weighted by Crippen LogP contribution is 2.19. The van der Waals surface area contributed by atoms with Crippen molar-refractivity contribution in [2.75, 3.05) is 0 Å². The predicted molar refractivity (Wildman–Crippen MR) is 88.0 cm³/mol. The van der Waals surface area contributed by atoms with Crippen molar-refractivity contribution in [2.45, 2.75) is 26.9 Å². The van der Waals surface area contributed by atoms with Gasteiger partial charge in [-0.25, -0.2) is 0 Å². The third kappa shape index (κ3) is 4.48. The van der Waals surface area contributed by atoms with Crippen molar-refractivity contribution in [2.24, 2.45) is 0 Å². The lowest BCUT2D eigenvalue weighted by Gasteiger charge is -2.11. The number of carboxylic acid groups (broad SMARTS) is 1. The molecule has 3 heteroatoms. The van der Waals surface area contributed by atoms with Gasteiger partial charge in [-0.2, -0.15) is 0 Å². The van der Waals surface area contributed by atoms with E-state index in [1.165, 1.54) is 16.7 Å². The quantitative estimate of drug-likeness (QED) is 0.861. The normalized spacial score (nSPS) is 10.8. The number of carboxylic acids is 1. The fourth-order valence-electron chi connectivity index (χ4n) is 2.24. The van der Waals surface area contributed by atoms with Gasteiger partial charge in [0.15, 0.2) is 0 Å². The summed E-state index contributed by atoms with van der Waals surface area (Å²) in [5, 5.41) is 8.63. The largest absolute Gasteiger partial charge is 0.489 e. The van der Waals surface area contributed by atoms with Crippen molar-refractivity contribution >= 4 is 12.0 Å². The molecule has 0 spiro atoms. The zero-order chi connectivity index (χ0) is 15.9. The first-order valence-electron chi connectivity index (χ1n) is 7.22. The van der Waals surface area contributed by atoms with E-state index in [2.05, 4.69) is 26.0 Å². The van der Waals surface area contributed by atoms with Crippen LogP contribution in [0, 0.1) is 13.8 Å². The second-order valence-corrected chi connectivity index (χ2v) is 5.23. The molecular formula is C19H20O3. The molecule has 0 unspecified atom stereocenters. The van der Waals surface area contributed by atoms with Crippen LogP contribution in [0.3, 0.4) is 0 Å². The van der Waals surface area contributed by atoms with Gasteiger partial charge in [0.05, 0.1) is 6.42 Å². The molecule has 22 heavy (non-hydrogen) atoms. The van der Waals surface area contributed by atoms with Gasteiger partial charge in [0, 0.05) is 0 Å². The van der Waals surface area contributed by atoms with Crippen LogP contribution in [-0.4, -0.2) is 11.1 Å². The van der Waals surface area contributed by atoms with E-state index in [4.69, 9.17) is 9.84 Å². The molecule has 0 atom stereocenters. The van der Waals surface area contributed by atoms with Crippen LogP contribution in [0.5, 0.6) is 5.75 Å². The summed E-state index contributed by atoms with van der Waals surface area (Å²) in [7, 11) is 0. The first kappa shape index (κ1) is 15.8. The highest BCUT2D eigenvalue weighted by molar-refractivity contribution is 5.70. The first-order chi connectivity index (χ1) is 10.6. The summed E-state index contributed by atoms with van der Waals surface area (Å²) >= 11 is 0. The zero-order valence-electron chi connectivity index (χ0n) is 12.9. The molecule has 2 aromatic rings. The second-order valence-electron chi connectivity index (χ2n) is 5.23. The Morgan fingerprint density at radius 2 is 1.82 bits per heavy atom. The molecular weight excluding hydrogens is 276 g/mol. The minimum Gasteiger partial charge on any atom is -0.489 e. The Morgan fingerprint density at radius 1 is 1.14 bits per heavy atom. The Labute approximate surface area is 130 Å². The maximum Gasteiger partial charge on any atom is 0.307 e. The Balaban J connectivity index is 2.04. The fourth-order valence-corrected chi connectivity index (χ4v) is 2.24. The number of hydrogen-bond acceptors (Lipinski definition) is 2. The molecule has 1 N–H and O–H groups in total. The number of aliphatic carboxylic acids is 1. The van der Waals surface area contributed by atoms with E-state index in [0.717, 1.165) is 11.3 Å². The van der Waals surface area contributed by atoms with Crippen LogP contribution in [0.15, 0.2) is 48.5 Å². The van der Waals surface area contributed by atoms with Gasteiger partial charge in [-0.1, -0.05) is 42.5 Å². The molecule has 2 aromatic carbocycles. The van der Waals surface area contributed by atoms with Gasteiger partial charge >= 0.3 is 5.97 Å². The zero-order valence-corrected chi connectivity index (χ0v) is 12.9. The summed E-state index contributed by atoms with van der Waals surface area (Å²) in [4.78, 5) is 10.5. The lowest BCUT2D eigenvalue weighted by molar-refractivity contribution is -0.135. The van der Waals surface area contributed by atoms with Gasteiger partial charge in [-0.05, 0) is 48.2 Å². The van der Waals surface area contributed by atoms with Crippen LogP contribution in [0.2, 0.25) is 0 Å². The molecule has 0 heterocycles. The minimum atomic E-state index is -0.835. The number of rotatable bonds is 6. The van der Waals surface area contributed by atoms with E-state index in [1.807, 2.05) is 30.3 Å². The van der Waals surface area contributed by atoms with Crippen molar-refractivity contribution in [3.05, 3.63) is 70.8 Å². The average Bonchev–Trinajstić information content (AvgIpc) is 2.47. The number of benzene rings is 2. The first-order valence-corrected chi connectivity index (χ1v) is 7.22. The van der Waals surface area contributed by atoms with Gasteiger partial charge in [-0.3, -0.25) is 4.79 Å². The number of ether oxygens (including phenoxy) is 1. The molecule has 0 fully saturated rings. The fraction of sp³-hybridized carbons (Fsp3) is 0.211. The third-order valence-electron chi connectivity index (χ3n) is 3.49. The summed E-state index contributed by atoms with van der Waals surface area (Å²) in [5.74, 6) is -0.0567. The van der Waals surface area contributed by atoms with Gasteiger partial charge in [0.25, 0.3) is 0 Å². The lowest BCUT2D eigenvalue weighted by Crippen LogP contribution is -2.00. The maximum absolute atomic E-state index is 10.5. The van der Waals surface area contributed by atoms with Crippen LogP contribution in [0.4, 0.5) is 0 Å². The molecule has 0 aromatic heterocycles. The van der Waals surface area contributed by atoms with Crippen molar-refractivity contribution in [3.8, 4) is 5.75 Å². The summed E-state index contributed by atoms with van der Waals surface area (Å²) in [6.45, 7) is 4.69. The van der Waals surface area contributed by atoms with Gasteiger partial charge in [0.2, 0.25) is 0 Å². The molecule has 114 valence electrons. The van der Waals surface area contributed by atoms with E-state index in [9.17, 15) is 4.79 Å². The molecule has 0 saturated heterocycles. The van der Waals surface area contributed by atoms with E-state index in [0.29, 0.717) is 6.61 Å². The Bertz CT molecular complexity index is 667. The number of hydrogen-bond donors (Lipinski definition) is 1. The highest BCUT2D eigenvalue weighted by atomic mass is 16.5. The standard InChI is InChI=1S/C19H20O3/c1-14-6-3-7-15(2)18(14)13-22-17-10-4-8-16(12-17)9-5-11-19(20)21/h3-10,12H,11,13H2,1-2H3,(H,20,21). The Hall–Kier alpha value is -2.55. The third-order valence-corrected chi connectivity index (χ3v) is 3.49. The lowest BCUT2D eigenvalue weighted by atomic mass is 10.0. The van der Waals surface area contributed by atoms with E-state index >= 15 is 0 Å². The van der Waals surface area contributed by atoms with E-state index in [-0.39, 0.29) is 6.42 Å². The number of carbonyl (C=O) groups is 1. The summed E-state index contributed by atoms with van der Waals surface area (Å²) in [5.41, 5.74) is 4.57. The van der Waals surface area contributed by atoms with Crippen molar-refractivity contribution in [3.63, 3.8) is 0 Å². The van der Waals surface area contributed by atoms with Crippen LogP contribution in [-0.2, 0) is 11.4 Å². The molecule has 0 radical (unpaired) electrons. The topological polar surface area (TPSA) is 46.5 Å². The Morgan fingerprint density at radius 3 is 2.50 bits per heavy atom. The molecule has 0 aliphatic heterocycles. The molecule has 0 aliphatic rings. The van der Waals surface area contributed by atoms with Crippen molar-refractivity contribution in [1.29, 1.82) is 0 Å². The van der Waals surface area contributed by atoms with Crippen molar-refractivity contribution < 1.29 is 14.6 Å². The van der Waals surface area contributed by atoms with E-state index < -0.39 is 5.97 Å². The van der Waals surface area contributed by atoms with Crippen molar-refractivity contribution in [1.82, 2.24) is 0 Å². The summed E-state index contributed by atoms with van der Waals surface area (Å²) in [6, 6.07) is 13.8. The molecule has 0 bridgehead atoms. The molecule has 3 nitrogen and oxygen atoms in total. The van der Waals surface area contributed by atoms with Gasteiger partial charge in [-0.15, -0.1) is 0 Å². The van der Waals surface area contributed by atoms with Crippen LogP contribution < -0.4 is 4.74 Å². The highest BCUT2D eigenvalue weighted by Gasteiger charge is 2.03. The monoisotopic (exact) mass is 296 g/mol. The molecule has 0 saturated carbocycles. The molecule has 0 amide bonds. The molecule has 0 aliphatic carbocycles. The smallest absolute Gasteiger partial charge is 0.307 e. The van der Waals surface area contributed by atoms with Gasteiger partial charge < -0.3 is 9.84 Å². The maximum atomic E-state index is 10.5. The summed E-state index contributed by atoms with van der Waals surface area (Å²) in [6.07, 6.45) is 3.44. The van der Waals surface area contributed by atoms with Gasteiger partial charge in [0.1, 0.15) is 12.4 Å². The van der Waals surface area contributed by atoms with Crippen LogP contribution >= 0.6 is 0 Å². The van der Waals surface area contributed by atoms with Crippen LogP contribution in [0.25, 0.3) is 6.08 Å². The van der Waals surface area contributed by atoms with Crippen LogP contribution in [0.1, 0.15) is 28.7 Å². The molecule has 2 rings (SSSR count). The predicted octanol–water partition coefficient (Wildman–Crippen LogP) is 4.37. The Kier molecular flexibility index (Phi) is 5.37. The summed E-state index contributed by atoms with van der Waals surface area (Å²) < 4.78 is 5.87. The average molecular weight is 296 g/mol. The minimum absolute atomic E-state index is 0.0213. The van der Waals surface area contributed by atoms with E-state index in [1.54, 1.807) is 12.2 Å². The SMILES string of the molecule is Cc1cccc(C)c1COc1cccc(C=CCC(=O)O)c1.